The minimum absolute atomic E-state index is 0.0224. The summed E-state index contributed by atoms with van der Waals surface area (Å²) < 4.78 is 5.43. The van der Waals surface area contributed by atoms with Gasteiger partial charge in [0, 0.05) is 37.6 Å². The van der Waals surface area contributed by atoms with Gasteiger partial charge in [0.15, 0.2) is 0 Å². The van der Waals surface area contributed by atoms with E-state index in [2.05, 4.69) is 26.9 Å². The number of benzene rings is 3. The van der Waals surface area contributed by atoms with Gasteiger partial charge in [0.2, 0.25) is 11.8 Å². The first-order valence-electron chi connectivity index (χ1n) is 14.5. The summed E-state index contributed by atoms with van der Waals surface area (Å²) in [5.41, 5.74) is 4.80. The zero-order chi connectivity index (χ0) is 32.1. The zero-order valence-corrected chi connectivity index (χ0v) is 25.7. The van der Waals surface area contributed by atoms with E-state index in [1.807, 2.05) is 57.2 Å². The van der Waals surface area contributed by atoms with Crippen molar-refractivity contribution in [2.75, 3.05) is 55.4 Å². The van der Waals surface area contributed by atoms with Gasteiger partial charge in [-0.15, -0.1) is 0 Å². The topological polar surface area (TPSA) is 140 Å². The number of para-hydroxylation sites is 1. The van der Waals surface area contributed by atoms with E-state index < -0.39 is 12.0 Å². The van der Waals surface area contributed by atoms with Crippen molar-refractivity contribution >= 4 is 40.9 Å². The van der Waals surface area contributed by atoms with Crippen molar-refractivity contribution in [2.45, 2.75) is 33.6 Å². The Balaban J connectivity index is 1.56. The third kappa shape index (κ3) is 10.3. The van der Waals surface area contributed by atoms with Gasteiger partial charge < -0.3 is 35.6 Å². The van der Waals surface area contributed by atoms with Gasteiger partial charge in [-0.05, 0) is 67.8 Å². The standard InChI is InChI=1S/C33H41N5O6/c1-5-37(26-11-8-9-23(2)19-26)17-18-38(16-15-32(41)42)31(40)22-34-30(39)21-25-13-14-28(29(20-25)44-4)36-33(43)35-27-12-7-6-10-24(27)3/h6-14,19-20H,5,15-18,21-22H2,1-4H3,(H,34,39)(H,41,42)(H2,35,36,43). The highest BCUT2D eigenvalue weighted by molar-refractivity contribution is 6.01. The van der Waals surface area contributed by atoms with Crippen LogP contribution in [0.3, 0.4) is 0 Å². The van der Waals surface area contributed by atoms with Gasteiger partial charge in [0.25, 0.3) is 0 Å². The molecule has 0 aliphatic rings. The predicted molar refractivity (Wildman–Crippen MR) is 171 cm³/mol. The second-order valence-corrected chi connectivity index (χ2v) is 10.3. The van der Waals surface area contributed by atoms with Crippen molar-refractivity contribution in [3.63, 3.8) is 0 Å². The maximum atomic E-state index is 13.0. The lowest BCUT2D eigenvalue weighted by atomic mass is 10.1. The molecular weight excluding hydrogens is 562 g/mol. The molecule has 0 spiro atoms. The molecule has 44 heavy (non-hydrogen) atoms. The Morgan fingerprint density at radius 2 is 1.61 bits per heavy atom. The summed E-state index contributed by atoms with van der Waals surface area (Å²) >= 11 is 0. The molecule has 3 rings (SSSR count). The van der Waals surface area contributed by atoms with E-state index in [0.29, 0.717) is 35.8 Å². The molecule has 234 valence electrons. The number of rotatable bonds is 15. The molecule has 0 aliphatic heterocycles. The van der Waals surface area contributed by atoms with Gasteiger partial charge in [0.05, 0.1) is 32.2 Å². The number of amides is 4. The number of urea groups is 1. The van der Waals surface area contributed by atoms with E-state index >= 15 is 0 Å². The highest BCUT2D eigenvalue weighted by Crippen LogP contribution is 2.26. The van der Waals surface area contributed by atoms with Crippen LogP contribution in [0.1, 0.15) is 30.0 Å². The van der Waals surface area contributed by atoms with Crippen molar-refractivity contribution in [3.8, 4) is 5.75 Å². The average molecular weight is 604 g/mol. The largest absolute Gasteiger partial charge is 0.495 e. The average Bonchev–Trinajstić information content (AvgIpc) is 2.99. The molecule has 11 nitrogen and oxygen atoms in total. The second-order valence-electron chi connectivity index (χ2n) is 10.3. The van der Waals surface area contributed by atoms with Gasteiger partial charge in [-0.25, -0.2) is 4.79 Å². The van der Waals surface area contributed by atoms with Gasteiger partial charge in [-0.2, -0.15) is 0 Å². The lowest BCUT2D eigenvalue weighted by molar-refractivity contribution is -0.139. The molecule has 11 heteroatoms. The molecule has 0 heterocycles. The second kappa shape index (κ2) is 16.5. The van der Waals surface area contributed by atoms with E-state index in [0.717, 1.165) is 23.4 Å². The molecule has 0 saturated carbocycles. The number of anilines is 3. The predicted octanol–water partition coefficient (Wildman–Crippen LogP) is 4.44. The number of carbonyl (C=O) groups is 4. The number of aliphatic carboxylic acids is 1. The minimum atomic E-state index is -1.00. The molecule has 0 bridgehead atoms. The number of nitrogens with one attached hydrogen (secondary N) is 3. The Kier molecular flexibility index (Phi) is 12.6. The van der Waals surface area contributed by atoms with Crippen LogP contribution in [0.2, 0.25) is 0 Å². The molecule has 3 aromatic rings. The van der Waals surface area contributed by atoms with Crippen LogP contribution in [-0.2, 0) is 20.8 Å². The number of carboxylic acids is 1. The molecule has 0 aliphatic carbocycles. The molecule has 0 radical (unpaired) electrons. The number of carboxylic acid groups (broad SMARTS) is 1. The van der Waals surface area contributed by atoms with Crippen LogP contribution in [0, 0.1) is 13.8 Å². The molecule has 0 unspecified atom stereocenters. The number of carbonyl (C=O) groups excluding carboxylic acids is 3. The number of hydrogen-bond donors (Lipinski definition) is 4. The molecule has 0 aromatic heterocycles. The van der Waals surface area contributed by atoms with Gasteiger partial charge in [0.1, 0.15) is 5.75 Å². The fraction of sp³-hybridized carbons (Fsp3) is 0.333. The first kappa shape index (κ1) is 33.4. The number of nitrogens with zero attached hydrogens (tertiary/aromatic N) is 2. The normalized spacial score (nSPS) is 10.5. The van der Waals surface area contributed by atoms with Crippen LogP contribution in [0.25, 0.3) is 0 Å². The smallest absolute Gasteiger partial charge is 0.323 e. The van der Waals surface area contributed by atoms with Crippen LogP contribution in [-0.4, -0.2) is 73.7 Å². The monoisotopic (exact) mass is 603 g/mol. The summed E-state index contributed by atoms with van der Waals surface area (Å²) in [6, 6.07) is 20.0. The summed E-state index contributed by atoms with van der Waals surface area (Å²) in [5.74, 6) is -1.37. The highest BCUT2D eigenvalue weighted by Gasteiger charge is 2.18. The molecule has 0 atom stereocenters. The van der Waals surface area contributed by atoms with Crippen molar-refractivity contribution in [2.24, 2.45) is 0 Å². The summed E-state index contributed by atoms with van der Waals surface area (Å²) in [6.07, 6.45) is -0.217. The summed E-state index contributed by atoms with van der Waals surface area (Å²) in [6.45, 7) is 7.25. The van der Waals surface area contributed by atoms with Gasteiger partial charge >= 0.3 is 12.0 Å². The zero-order valence-electron chi connectivity index (χ0n) is 25.7. The summed E-state index contributed by atoms with van der Waals surface area (Å²) in [7, 11) is 1.46. The van der Waals surface area contributed by atoms with E-state index in [4.69, 9.17) is 4.74 Å². The van der Waals surface area contributed by atoms with Crippen LogP contribution in [0.5, 0.6) is 5.75 Å². The van der Waals surface area contributed by atoms with Crippen LogP contribution in [0.15, 0.2) is 66.7 Å². The molecule has 4 N–H and O–H groups in total. The molecule has 0 saturated heterocycles. The Morgan fingerprint density at radius 3 is 2.30 bits per heavy atom. The third-order valence-electron chi connectivity index (χ3n) is 7.05. The van der Waals surface area contributed by atoms with Crippen molar-refractivity contribution in [3.05, 3.63) is 83.4 Å². The molecule has 0 fully saturated rings. The highest BCUT2D eigenvalue weighted by atomic mass is 16.5. The molecule has 3 aromatic carbocycles. The summed E-state index contributed by atoms with van der Waals surface area (Å²) in [4.78, 5) is 53.1. The number of aryl methyl sites for hydroxylation is 2. The maximum absolute atomic E-state index is 13.0. The number of methoxy groups -OCH3 is 1. The van der Waals surface area contributed by atoms with Crippen LogP contribution in [0.4, 0.5) is 21.9 Å². The van der Waals surface area contributed by atoms with E-state index in [-0.39, 0.29) is 37.7 Å². The Morgan fingerprint density at radius 1 is 0.864 bits per heavy atom. The third-order valence-corrected chi connectivity index (χ3v) is 7.05. The van der Waals surface area contributed by atoms with Crippen molar-refractivity contribution in [1.82, 2.24) is 10.2 Å². The van der Waals surface area contributed by atoms with Crippen molar-refractivity contribution < 1.29 is 29.0 Å². The lowest BCUT2D eigenvalue weighted by Gasteiger charge is -2.28. The van der Waals surface area contributed by atoms with E-state index in [1.54, 1.807) is 24.3 Å². The fourth-order valence-electron chi connectivity index (χ4n) is 4.60. The Labute approximate surface area is 258 Å². The minimum Gasteiger partial charge on any atom is -0.495 e. The first-order chi connectivity index (χ1) is 21.1. The molecule has 4 amide bonds. The maximum Gasteiger partial charge on any atom is 0.323 e. The van der Waals surface area contributed by atoms with Gasteiger partial charge in [-0.1, -0.05) is 36.4 Å². The SMILES string of the molecule is CCN(CCN(CCC(=O)O)C(=O)CNC(=O)Cc1ccc(NC(=O)Nc2ccccc2C)c(OC)c1)c1cccc(C)c1. The Bertz CT molecular complexity index is 1460. The van der Waals surface area contributed by atoms with Gasteiger partial charge in [-0.3, -0.25) is 14.4 Å². The first-order valence-corrected chi connectivity index (χ1v) is 14.5. The van der Waals surface area contributed by atoms with E-state index in [1.165, 1.54) is 12.0 Å². The Hall–Kier alpha value is -5.06. The van der Waals surface area contributed by atoms with E-state index in [9.17, 15) is 24.3 Å². The number of likely N-dealkylation sites (N-methyl/N-ethyl adjacent to an activating group) is 1. The van der Waals surface area contributed by atoms with Crippen molar-refractivity contribution in [1.29, 1.82) is 0 Å². The fourth-order valence-corrected chi connectivity index (χ4v) is 4.60. The number of ether oxygens (including phenoxy) is 1. The van der Waals surface area contributed by atoms with Crippen LogP contribution >= 0.6 is 0 Å². The summed E-state index contributed by atoms with van der Waals surface area (Å²) in [5, 5.41) is 17.4. The lowest BCUT2D eigenvalue weighted by Crippen LogP contribution is -2.44. The quantitative estimate of drug-likeness (QED) is 0.201. The molecular formula is C33H41N5O6. The number of hydrogen-bond acceptors (Lipinski definition) is 6. The van der Waals surface area contributed by atoms with Crippen LogP contribution < -0.4 is 25.6 Å².